The molecule has 140 valence electrons. The molecule has 0 aromatic carbocycles. The first-order valence-corrected chi connectivity index (χ1v) is 9.05. The van der Waals surface area contributed by atoms with Crippen molar-refractivity contribution < 1.29 is 23.6 Å². The molecule has 0 N–H and O–H groups in total. The van der Waals surface area contributed by atoms with Crippen LogP contribution in [0.2, 0.25) is 0 Å². The van der Waals surface area contributed by atoms with E-state index in [1.807, 2.05) is 53.4 Å². The quantitative estimate of drug-likeness (QED) is 0.680. The molecular weight excluding hydrogens is 321 g/mol. The topological polar surface area (TPSA) is 57.2 Å². The summed E-state index contributed by atoms with van der Waals surface area (Å²) in [6.45, 7) is 14.8. The minimum Gasteiger partial charge on any atom is -0.444 e. The largest absolute Gasteiger partial charge is 0.490 e. The highest BCUT2D eigenvalue weighted by molar-refractivity contribution is 6.54. The highest BCUT2D eigenvalue weighted by Crippen LogP contribution is 2.41. The number of rotatable bonds is 1. The van der Waals surface area contributed by atoms with E-state index in [-0.39, 0.29) is 36.5 Å². The molecule has 6 nitrogen and oxygen atoms in total. The Balaban J connectivity index is 1.79. The van der Waals surface area contributed by atoms with Crippen LogP contribution in [0.25, 0.3) is 0 Å². The molecular formula is C18H30BNO5. The summed E-state index contributed by atoms with van der Waals surface area (Å²) in [7, 11) is -0.367. The lowest BCUT2D eigenvalue weighted by Crippen LogP contribution is -2.58. The van der Waals surface area contributed by atoms with Crippen LogP contribution in [-0.2, 0) is 18.8 Å². The van der Waals surface area contributed by atoms with Gasteiger partial charge in [-0.3, -0.25) is 4.90 Å². The van der Waals surface area contributed by atoms with Crippen molar-refractivity contribution in [1.82, 2.24) is 4.90 Å². The van der Waals surface area contributed by atoms with Crippen LogP contribution in [-0.4, -0.2) is 60.2 Å². The first-order valence-electron chi connectivity index (χ1n) is 9.05. The Hall–Kier alpha value is -1.05. The van der Waals surface area contributed by atoms with Gasteiger partial charge in [0, 0.05) is 0 Å². The average molecular weight is 351 g/mol. The predicted molar refractivity (Wildman–Crippen MR) is 95.3 cm³/mol. The zero-order chi connectivity index (χ0) is 18.6. The van der Waals surface area contributed by atoms with Gasteiger partial charge in [0.05, 0.1) is 36.5 Å². The summed E-state index contributed by atoms with van der Waals surface area (Å²) >= 11 is 0. The molecule has 25 heavy (non-hydrogen) atoms. The molecule has 0 aromatic heterocycles. The lowest BCUT2D eigenvalue weighted by atomic mass is 9.71. The fourth-order valence-corrected chi connectivity index (χ4v) is 3.40. The maximum atomic E-state index is 12.6. The van der Waals surface area contributed by atoms with Crippen molar-refractivity contribution in [2.75, 3.05) is 13.2 Å². The van der Waals surface area contributed by atoms with Gasteiger partial charge in [0.2, 0.25) is 0 Å². The van der Waals surface area contributed by atoms with Gasteiger partial charge in [-0.25, -0.2) is 4.79 Å². The first kappa shape index (κ1) is 18.7. The van der Waals surface area contributed by atoms with Gasteiger partial charge in [0.15, 0.2) is 0 Å². The second kappa shape index (κ2) is 6.00. The van der Waals surface area contributed by atoms with E-state index >= 15 is 0 Å². The number of amides is 1. The Morgan fingerprint density at radius 2 is 1.80 bits per heavy atom. The molecule has 0 saturated carbocycles. The summed E-state index contributed by atoms with van der Waals surface area (Å²) in [5.74, 6) is 0. The van der Waals surface area contributed by atoms with E-state index in [2.05, 4.69) is 6.08 Å². The van der Waals surface area contributed by atoms with Crippen molar-refractivity contribution in [3.8, 4) is 0 Å². The summed E-state index contributed by atoms with van der Waals surface area (Å²) < 4.78 is 23.6. The molecule has 3 rings (SSSR count). The monoisotopic (exact) mass is 351 g/mol. The second-order valence-electron chi connectivity index (χ2n) is 9.18. The number of hydrogen-bond acceptors (Lipinski definition) is 5. The Kier molecular flexibility index (Phi) is 4.49. The standard InChI is InChI=1S/C18H30BNO5/c1-16(2,3)23-15(21)20-13-8-12(9-14(20)11-22-10-13)19-24-17(4,5)18(6,7)25-19/h8,13-14H,9-11H2,1-7H3/t13-,14+/m1/s1. The molecule has 0 spiro atoms. The van der Waals surface area contributed by atoms with E-state index in [0.29, 0.717) is 19.6 Å². The molecule has 2 bridgehead atoms. The normalized spacial score (nSPS) is 30.9. The van der Waals surface area contributed by atoms with Crippen molar-refractivity contribution in [2.24, 2.45) is 0 Å². The highest BCUT2D eigenvalue weighted by atomic mass is 16.7. The molecule has 3 aliphatic rings. The summed E-state index contributed by atoms with van der Waals surface area (Å²) in [4.78, 5) is 14.4. The summed E-state index contributed by atoms with van der Waals surface area (Å²) in [5, 5.41) is 0. The van der Waals surface area contributed by atoms with Crippen LogP contribution in [0.3, 0.4) is 0 Å². The minimum absolute atomic E-state index is 0.0485. The van der Waals surface area contributed by atoms with E-state index in [1.165, 1.54) is 0 Å². The lowest BCUT2D eigenvalue weighted by molar-refractivity contribution is -0.0531. The molecule has 0 unspecified atom stereocenters. The predicted octanol–water partition coefficient (Wildman–Crippen LogP) is 2.95. The van der Waals surface area contributed by atoms with Gasteiger partial charge < -0.3 is 18.8 Å². The van der Waals surface area contributed by atoms with Gasteiger partial charge >= 0.3 is 13.2 Å². The maximum absolute atomic E-state index is 12.6. The van der Waals surface area contributed by atoms with Crippen LogP contribution in [0, 0.1) is 0 Å². The van der Waals surface area contributed by atoms with Crippen LogP contribution in [0.4, 0.5) is 4.79 Å². The lowest BCUT2D eigenvalue weighted by Gasteiger charge is -2.44. The second-order valence-corrected chi connectivity index (χ2v) is 9.18. The number of hydrogen-bond donors (Lipinski definition) is 0. The molecule has 0 aliphatic carbocycles. The van der Waals surface area contributed by atoms with Gasteiger partial charge in [-0.2, -0.15) is 0 Å². The van der Waals surface area contributed by atoms with Crippen molar-refractivity contribution in [1.29, 1.82) is 0 Å². The Morgan fingerprint density at radius 3 is 2.32 bits per heavy atom. The maximum Gasteiger partial charge on any atom is 0.490 e. The highest BCUT2D eigenvalue weighted by Gasteiger charge is 2.54. The van der Waals surface area contributed by atoms with Gasteiger partial charge in [-0.1, -0.05) is 6.08 Å². The van der Waals surface area contributed by atoms with Crippen molar-refractivity contribution in [3.63, 3.8) is 0 Å². The van der Waals surface area contributed by atoms with Crippen molar-refractivity contribution >= 4 is 13.2 Å². The van der Waals surface area contributed by atoms with Gasteiger partial charge in [-0.05, 0) is 60.4 Å². The molecule has 3 aliphatic heterocycles. The average Bonchev–Trinajstić information content (AvgIpc) is 2.64. The van der Waals surface area contributed by atoms with Crippen LogP contribution < -0.4 is 0 Å². The fourth-order valence-electron chi connectivity index (χ4n) is 3.40. The summed E-state index contributed by atoms with van der Waals surface area (Å²) in [6.07, 6.45) is 2.45. The van der Waals surface area contributed by atoms with E-state index in [4.69, 9.17) is 18.8 Å². The van der Waals surface area contributed by atoms with E-state index in [1.54, 1.807) is 0 Å². The molecule has 0 aromatic rings. The zero-order valence-electron chi connectivity index (χ0n) is 16.4. The third-order valence-electron chi connectivity index (χ3n) is 5.39. The third-order valence-corrected chi connectivity index (χ3v) is 5.39. The van der Waals surface area contributed by atoms with Crippen molar-refractivity contribution in [2.45, 2.75) is 83.8 Å². The molecule has 2 atom stereocenters. The Morgan fingerprint density at radius 1 is 1.20 bits per heavy atom. The molecule has 7 heteroatoms. The van der Waals surface area contributed by atoms with E-state index in [0.717, 1.165) is 5.47 Å². The number of carbonyl (C=O) groups is 1. The summed E-state index contributed by atoms with van der Waals surface area (Å²) in [6, 6.07) is -0.191. The Bertz CT molecular complexity index is 565. The van der Waals surface area contributed by atoms with Crippen LogP contribution in [0.1, 0.15) is 54.9 Å². The van der Waals surface area contributed by atoms with Gasteiger partial charge in [0.25, 0.3) is 0 Å². The fraction of sp³-hybridized carbons (Fsp3) is 0.833. The molecule has 2 saturated heterocycles. The van der Waals surface area contributed by atoms with Crippen LogP contribution in [0.15, 0.2) is 11.5 Å². The zero-order valence-corrected chi connectivity index (χ0v) is 16.4. The molecule has 0 radical (unpaired) electrons. The van der Waals surface area contributed by atoms with Gasteiger partial charge in [-0.15, -0.1) is 0 Å². The number of fused-ring (bicyclic) bond motifs is 2. The number of ether oxygens (including phenoxy) is 2. The van der Waals surface area contributed by atoms with E-state index < -0.39 is 5.60 Å². The molecule has 3 heterocycles. The smallest absolute Gasteiger partial charge is 0.444 e. The first-order chi connectivity index (χ1) is 11.4. The number of morpholine rings is 1. The van der Waals surface area contributed by atoms with Crippen LogP contribution >= 0.6 is 0 Å². The van der Waals surface area contributed by atoms with Crippen molar-refractivity contribution in [3.05, 3.63) is 11.5 Å². The number of carbonyl (C=O) groups excluding carboxylic acids is 1. The SMILES string of the molecule is CC(C)(C)OC(=O)N1[C@@H]2COC[C@H]1C=C(B1OC(C)(C)C(C)(C)O1)C2. The van der Waals surface area contributed by atoms with Crippen LogP contribution in [0.5, 0.6) is 0 Å². The number of nitrogens with zero attached hydrogens (tertiary/aromatic N) is 1. The minimum atomic E-state index is -0.512. The molecule has 2 fully saturated rings. The summed E-state index contributed by atoms with van der Waals surface area (Å²) in [5.41, 5.74) is -0.155. The third kappa shape index (κ3) is 3.59. The van der Waals surface area contributed by atoms with E-state index in [9.17, 15) is 4.79 Å². The molecule has 1 amide bonds. The van der Waals surface area contributed by atoms with Gasteiger partial charge in [0.1, 0.15) is 5.60 Å². The Labute approximate surface area is 151 Å².